The highest BCUT2D eigenvalue weighted by molar-refractivity contribution is 5.87. The summed E-state index contributed by atoms with van der Waals surface area (Å²) in [5, 5.41) is 9.29. The Hall–Kier alpha value is -1.10. The Bertz CT molecular complexity index is 342. The first-order valence-electron chi connectivity index (χ1n) is 7.11. The van der Waals surface area contributed by atoms with Crippen LogP contribution in [0.4, 0.5) is 0 Å². The van der Waals surface area contributed by atoms with Gasteiger partial charge >= 0.3 is 5.97 Å². The average Bonchev–Trinajstić information content (AvgIpc) is 2.38. The molecule has 2 unspecified atom stereocenters. The van der Waals surface area contributed by atoms with Crippen LogP contribution >= 0.6 is 0 Å². The van der Waals surface area contributed by atoms with Crippen LogP contribution < -0.4 is 5.73 Å². The molecule has 5 nitrogen and oxygen atoms in total. The fourth-order valence-corrected chi connectivity index (χ4v) is 2.96. The van der Waals surface area contributed by atoms with Gasteiger partial charge in [0, 0.05) is 12.5 Å². The van der Waals surface area contributed by atoms with Crippen LogP contribution in [0.15, 0.2) is 0 Å². The third-order valence-corrected chi connectivity index (χ3v) is 4.31. The molecule has 0 aromatic heterocycles. The summed E-state index contributed by atoms with van der Waals surface area (Å²) in [7, 11) is 0. The zero-order valence-corrected chi connectivity index (χ0v) is 12.2. The predicted octanol–water partition coefficient (Wildman–Crippen LogP) is 1.46. The Morgan fingerprint density at radius 3 is 2.37 bits per heavy atom. The minimum absolute atomic E-state index is 0.0509. The summed E-state index contributed by atoms with van der Waals surface area (Å²) >= 11 is 0. The zero-order chi connectivity index (χ0) is 14.6. The van der Waals surface area contributed by atoms with E-state index >= 15 is 0 Å². The maximum Gasteiger partial charge on any atom is 0.329 e. The fourth-order valence-electron chi connectivity index (χ4n) is 2.96. The minimum Gasteiger partial charge on any atom is -0.480 e. The second-order valence-electron chi connectivity index (χ2n) is 5.83. The van der Waals surface area contributed by atoms with Crippen LogP contribution in [0.3, 0.4) is 0 Å². The summed E-state index contributed by atoms with van der Waals surface area (Å²) < 4.78 is 0. The second-order valence-corrected chi connectivity index (χ2v) is 5.83. The Morgan fingerprint density at radius 1 is 1.32 bits per heavy atom. The van der Waals surface area contributed by atoms with Crippen molar-refractivity contribution in [2.45, 2.75) is 52.0 Å². The molecule has 0 aromatic rings. The normalized spacial score (nSPS) is 24.0. The maximum absolute atomic E-state index is 12.7. The standard InChI is InChI=1S/C14H26N2O3/c1-4-16(14(2,3)13(18)19)12(17)11-8-6-5-7-10(11)9-15/h10-11H,4-9,15H2,1-3H3,(H,18,19). The van der Waals surface area contributed by atoms with Crippen molar-refractivity contribution in [2.75, 3.05) is 13.1 Å². The summed E-state index contributed by atoms with van der Waals surface area (Å²) in [6.45, 7) is 5.89. The summed E-state index contributed by atoms with van der Waals surface area (Å²) in [5.41, 5.74) is 4.59. The predicted molar refractivity (Wildman–Crippen MR) is 73.6 cm³/mol. The number of likely N-dealkylation sites (N-methyl/N-ethyl adjacent to an activating group) is 1. The van der Waals surface area contributed by atoms with E-state index in [0.29, 0.717) is 13.1 Å². The molecule has 1 aliphatic carbocycles. The Kier molecular flexibility index (Phi) is 5.35. The van der Waals surface area contributed by atoms with Crippen LogP contribution in [0.5, 0.6) is 0 Å². The molecule has 2 atom stereocenters. The van der Waals surface area contributed by atoms with Crippen molar-refractivity contribution >= 4 is 11.9 Å². The number of carboxylic acid groups (broad SMARTS) is 1. The molecule has 0 radical (unpaired) electrons. The monoisotopic (exact) mass is 270 g/mol. The first-order valence-corrected chi connectivity index (χ1v) is 7.11. The molecule has 0 bridgehead atoms. The molecule has 1 aliphatic rings. The SMILES string of the molecule is CCN(C(=O)C1CCCCC1CN)C(C)(C)C(=O)O. The van der Waals surface area contributed by atoms with Crippen molar-refractivity contribution < 1.29 is 14.7 Å². The molecule has 1 rings (SSSR count). The van der Waals surface area contributed by atoms with Gasteiger partial charge in [-0.2, -0.15) is 0 Å². The smallest absolute Gasteiger partial charge is 0.329 e. The number of rotatable bonds is 5. The van der Waals surface area contributed by atoms with Gasteiger partial charge in [0.05, 0.1) is 0 Å². The lowest BCUT2D eigenvalue weighted by Crippen LogP contribution is -2.56. The van der Waals surface area contributed by atoms with Gasteiger partial charge in [-0.1, -0.05) is 12.8 Å². The first-order chi connectivity index (χ1) is 8.86. The van der Waals surface area contributed by atoms with Gasteiger partial charge in [-0.25, -0.2) is 4.79 Å². The van der Waals surface area contributed by atoms with E-state index in [1.54, 1.807) is 13.8 Å². The summed E-state index contributed by atoms with van der Waals surface area (Å²) in [6, 6.07) is 0. The molecule has 110 valence electrons. The van der Waals surface area contributed by atoms with Gasteiger partial charge in [-0.05, 0) is 46.1 Å². The fraction of sp³-hybridized carbons (Fsp3) is 0.857. The van der Waals surface area contributed by atoms with Crippen molar-refractivity contribution in [3.05, 3.63) is 0 Å². The first kappa shape index (κ1) is 16.0. The van der Waals surface area contributed by atoms with Crippen molar-refractivity contribution in [1.29, 1.82) is 0 Å². The van der Waals surface area contributed by atoms with Gasteiger partial charge in [0.1, 0.15) is 5.54 Å². The Labute approximate surface area is 115 Å². The number of amides is 1. The number of nitrogens with zero attached hydrogens (tertiary/aromatic N) is 1. The molecule has 1 fully saturated rings. The third kappa shape index (κ3) is 3.26. The highest BCUT2D eigenvalue weighted by Crippen LogP contribution is 2.32. The van der Waals surface area contributed by atoms with Crippen molar-refractivity contribution in [2.24, 2.45) is 17.6 Å². The Balaban J connectivity index is 2.91. The van der Waals surface area contributed by atoms with E-state index in [4.69, 9.17) is 5.73 Å². The summed E-state index contributed by atoms with van der Waals surface area (Å²) in [4.78, 5) is 25.5. The van der Waals surface area contributed by atoms with E-state index in [2.05, 4.69) is 0 Å². The average molecular weight is 270 g/mol. The number of hydrogen-bond acceptors (Lipinski definition) is 3. The lowest BCUT2D eigenvalue weighted by Gasteiger charge is -2.39. The lowest BCUT2D eigenvalue weighted by molar-refractivity contribution is -0.159. The van der Waals surface area contributed by atoms with E-state index in [9.17, 15) is 14.7 Å². The molecule has 5 heteroatoms. The number of carboxylic acids is 1. The highest BCUT2D eigenvalue weighted by atomic mass is 16.4. The molecule has 0 aromatic carbocycles. The quantitative estimate of drug-likeness (QED) is 0.792. The van der Waals surface area contributed by atoms with Gasteiger partial charge in [0.25, 0.3) is 0 Å². The van der Waals surface area contributed by atoms with Crippen LogP contribution in [-0.4, -0.2) is 40.5 Å². The van der Waals surface area contributed by atoms with Crippen LogP contribution in [0.1, 0.15) is 46.5 Å². The van der Waals surface area contributed by atoms with E-state index in [-0.39, 0.29) is 17.7 Å². The number of carbonyl (C=O) groups is 2. The molecule has 0 heterocycles. The molecule has 19 heavy (non-hydrogen) atoms. The summed E-state index contributed by atoms with van der Waals surface area (Å²) in [5.74, 6) is -0.940. The number of hydrogen-bond donors (Lipinski definition) is 2. The number of nitrogens with two attached hydrogens (primary N) is 1. The van der Waals surface area contributed by atoms with E-state index < -0.39 is 11.5 Å². The molecule has 3 N–H and O–H groups in total. The van der Waals surface area contributed by atoms with E-state index in [1.165, 1.54) is 4.90 Å². The number of carbonyl (C=O) groups excluding carboxylic acids is 1. The van der Waals surface area contributed by atoms with E-state index in [0.717, 1.165) is 25.7 Å². The number of aliphatic carboxylic acids is 1. The zero-order valence-electron chi connectivity index (χ0n) is 12.2. The topological polar surface area (TPSA) is 83.6 Å². The van der Waals surface area contributed by atoms with Gasteiger partial charge in [-0.15, -0.1) is 0 Å². The second kappa shape index (κ2) is 6.37. The maximum atomic E-state index is 12.7. The molecule has 1 amide bonds. The van der Waals surface area contributed by atoms with Crippen molar-refractivity contribution in [1.82, 2.24) is 4.90 Å². The van der Waals surface area contributed by atoms with Gasteiger partial charge in [0.15, 0.2) is 0 Å². The minimum atomic E-state index is -1.16. The molecule has 0 spiro atoms. The van der Waals surface area contributed by atoms with Gasteiger partial charge in [-0.3, -0.25) is 4.79 Å². The van der Waals surface area contributed by atoms with Crippen LogP contribution in [0.25, 0.3) is 0 Å². The summed E-state index contributed by atoms with van der Waals surface area (Å²) in [6.07, 6.45) is 3.93. The molecule has 1 saturated carbocycles. The van der Waals surface area contributed by atoms with Gasteiger partial charge in [0.2, 0.25) is 5.91 Å². The molecule has 0 saturated heterocycles. The van der Waals surface area contributed by atoms with Crippen molar-refractivity contribution in [3.63, 3.8) is 0 Å². The van der Waals surface area contributed by atoms with Gasteiger partial charge < -0.3 is 15.7 Å². The lowest BCUT2D eigenvalue weighted by atomic mass is 9.78. The molecular formula is C14H26N2O3. The largest absolute Gasteiger partial charge is 0.480 e. The van der Waals surface area contributed by atoms with Crippen LogP contribution in [-0.2, 0) is 9.59 Å². The molecular weight excluding hydrogens is 244 g/mol. The third-order valence-electron chi connectivity index (χ3n) is 4.31. The molecule has 0 aliphatic heterocycles. The highest BCUT2D eigenvalue weighted by Gasteiger charge is 2.41. The van der Waals surface area contributed by atoms with Crippen LogP contribution in [0, 0.1) is 11.8 Å². The van der Waals surface area contributed by atoms with Crippen molar-refractivity contribution in [3.8, 4) is 0 Å². The van der Waals surface area contributed by atoms with E-state index in [1.807, 2.05) is 6.92 Å². The van der Waals surface area contributed by atoms with Crippen LogP contribution in [0.2, 0.25) is 0 Å². The Morgan fingerprint density at radius 2 is 1.89 bits per heavy atom.